The van der Waals surface area contributed by atoms with Crippen molar-refractivity contribution < 1.29 is 13.2 Å². The van der Waals surface area contributed by atoms with Crippen LogP contribution < -0.4 is 5.32 Å². The molecule has 1 aliphatic carbocycles. The van der Waals surface area contributed by atoms with E-state index in [1.165, 1.54) is 0 Å². The summed E-state index contributed by atoms with van der Waals surface area (Å²) in [6, 6.07) is 14.6. The molecule has 1 N–H and O–H groups in total. The number of nitrogens with one attached hydrogen (secondary N) is 1. The molecule has 0 saturated heterocycles. The van der Waals surface area contributed by atoms with Gasteiger partial charge in [-0.15, -0.1) is 0 Å². The maximum absolute atomic E-state index is 13.7. The van der Waals surface area contributed by atoms with Crippen molar-refractivity contribution in [2.75, 3.05) is 5.32 Å². The Morgan fingerprint density at radius 3 is 2.52 bits per heavy atom. The fourth-order valence-corrected chi connectivity index (χ4v) is 6.59. The van der Waals surface area contributed by atoms with Crippen molar-refractivity contribution in [2.45, 2.75) is 49.2 Å². The number of anilines is 1. The number of rotatable bonds is 4. The van der Waals surface area contributed by atoms with Gasteiger partial charge in [0.2, 0.25) is 5.91 Å². The second-order valence-electron chi connectivity index (χ2n) is 7.81. The third-order valence-corrected chi connectivity index (χ3v) is 8.49. The molecule has 150 valence electrons. The van der Waals surface area contributed by atoms with Crippen LogP contribution in [0, 0.1) is 13.8 Å². The zero-order valence-corrected chi connectivity index (χ0v) is 17.4. The number of nitrogens with zero attached hydrogens (tertiary/aromatic N) is 1. The van der Waals surface area contributed by atoms with E-state index in [1.807, 2.05) is 37.3 Å². The van der Waals surface area contributed by atoms with E-state index in [0.717, 1.165) is 10.9 Å². The molecule has 1 aromatic heterocycles. The van der Waals surface area contributed by atoms with Gasteiger partial charge in [0.05, 0.1) is 16.1 Å². The van der Waals surface area contributed by atoms with Gasteiger partial charge in [0.1, 0.15) is 0 Å². The van der Waals surface area contributed by atoms with E-state index in [1.54, 1.807) is 31.3 Å². The number of benzene rings is 2. The first kappa shape index (κ1) is 19.6. The van der Waals surface area contributed by atoms with Crippen LogP contribution >= 0.6 is 0 Å². The molecule has 0 spiro atoms. The standard InChI is InChI=1S/C23H24N2O3S/c1-16-10-11-17(2)20(15-16)29(27,28)23(12-3-4-13-23)22(26)25-19-9-5-7-18-8-6-14-24-21(18)19/h5-11,14-15H,3-4,12-13H2,1-2H3,(H,25,26). The second kappa shape index (κ2) is 7.26. The van der Waals surface area contributed by atoms with Crippen molar-refractivity contribution in [1.29, 1.82) is 0 Å². The number of aryl methyl sites for hydroxylation is 2. The predicted octanol–water partition coefficient (Wildman–Crippen LogP) is 4.58. The highest BCUT2D eigenvalue weighted by Gasteiger charge is 2.53. The normalized spacial score (nSPS) is 16.1. The first-order valence-electron chi connectivity index (χ1n) is 9.82. The van der Waals surface area contributed by atoms with Crippen LogP contribution in [0.3, 0.4) is 0 Å². The number of hydrogen-bond acceptors (Lipinski definition) is 4. The number of carbonyl (C=O) groups excluding carboxylic acids is 1. The number of carbonyl (C=O) groups is 1. The van der Waals surface area contributed by atoms with E-state index in [4.69, 9.17) is 0 Å². The minimum Gasteiger partial charge on any atom is -0.323 e. The number of sulfone groups is 1. The maximum Gasteiger partial charge on any atom is 0.246 e. The summed E-state index contributed by atoms with van der Waals surface area (Å²) in [6.45, 7) is 3.64. The van der Waals surface area contributed by atoms with Crippen LogP contribution in [0.15, 0.2) is 59.6 Å². The molecule has 29 heavy (non-hydrogen) atoms. The summed E-state index contributed by atoms with van der Waals surface area (Å²) >= 11 is 0. The Kier molecular flexibility index (Phi) is 4.90. The van der Waals surface area contributed by atoms with Crippen LogP contribution in [0.4, 0.5) is 5.69 Å². The first-order valence-corrected chi connectivity index (χ1v) is 11.3. The molecule has 6 heteroatoms. The van der Waals surface area contributed by atoms with Crippen LogP contribution in [-0.2, 0) is 14.6 Å². The maximum atomic E-state index is 13.7. The van der Waals surface area contributed by atoms with E-state index in [0.29, 0.717) is 42.5 Å². The summed E-state index contributed by atoms with van der Waals surface area (Å²) < 4.78 is 26.0. The lowest BCUT2D eigenvalue weighted by atomic mass is 10.1. The van der Waals surface area contributed by atoms with Gasteiger partial charge >= 0.3 is 0 Å². The van der Waals surface area contributed by atoms with Crippen LogP contribution in [0.5, 0.6) is 0 Å². The van der Waals surface area contributed by atoms with Gasteiger partial charge in [-0.3, -0.25) is 9.78 Å². The number of hydrogen-bond donors (Lipinski definition) is 1. The Morgan fingerprint density at radius 1 is 1.03 bits per heavy atom. The van der Waals surface area contributed by atoms with Gasteiger partial charge in [0.15, 0.2) is 14.6 Å². The van der Waals surface area contributed by atoms with Gasteiger partial charge in [-0.25, -0.2) is 8.42 Å². The smallest absolute Gasteiger partial charge is 0.246 e. The Labute approximate surface area is 171 Å². The summed E-state index contributed by atoms with van der Waals surface area (Å²) in [6.07, 6.45) is 3.74. The van der Waals surface area contributed by atoms with Crippen LogP contribution in [-0.4, -0.2) is 24.1 Å². The molecule has 4 rings (SSSR count). The Morgan fingerprint density at radius 2 is 1.76 bits per heavy atom. The van der Waals surface area contributed by atoms with Crippen LogP contribution in [0.25, 0.3) is 10.9 Å². The fraction of sp³-hybridized carbons (Fsp3) is 0.304. The molecule has 5 nitrogen and oxygen atoms in total. The molecule has 1 fully saturated rings. The van der Waals surface area contributed by atoms with Crippen LogP contribution in [0.2, 0.25) is 0 Å². The molecule has 3 aromatic rings. The highest BCUT2D eigenvalue weighted by Crippen LogP contribution is 2.42. The molecule has 1 heterocycles. The number of amides is 1. The molecule has 1 amide bonds. The molecular formula is C23H24N2O3S. The van der Waals surface area contributed by atoms with E-state index >= 15 is 0 Å². The average Bonchev–Trinajstić information content (AvgIpc) is 3.22. The average molecular weight is 409 g/mol. The first-order chi connectivity index (χ1) is 13.8. The highest BCUT2D eigenvalue weighted by molar-refractivity contribution is 7.93. The van der Waals surface area contributed by atoms with Crippen LogP contribution in [0.1, 0.15) is 36.8 Å². The molecule has 1 aliphatic rings. The summed E-state index contributed by atoms with van der Waals surface area (Å²) in [5.74, 6) is -0.464. The fourth-order valence-electron chi connectivity index (χ4n) is 4.21. The summed E-state index contributed by atoms with van der Waals surface area (Å²) in [5, 5.41) is 3.79. The molecule has 2 aromatic carbocycles. The monoisotopic (exact) mass is 408 g/mol. The molecular weight excluding hydrogens is 384 g/mol. The highest BCUT2D eigenvalue weighted by atomic mass is 32.2. The van der Waals surface area contributed by atoms with Crippen molar-refractivity contribution in [3.05, 3.63) is 65.9 Å². The van der Waals surface area contributed by atoms with E-state index in [-0.39, 0.29) is 4.90 Å². The molecule has 1 saturated carbocycles. The predicted molar refractivity (Wildman–Crippen MR) is 115 cm³/mol. The van der Waals surface area contributed by atoms with E-state index in [2.05, 4.69) is 10.3 Å². The summed E-state index contributed by atoms with van der Waals surface area (Å²) in [5.41, 5.74) is 2.72. The molecule has 0 radical (unpaired) electrons. The van der Waals surface area contributed by atoms with Crippen molar-refractivity contribution >= 4 is 32.3 Å². The summed E-state index contributed by atoms with van der Waals surface area (Å²) in [7, 11) is -3.86. The zero-order chi connectivity index (χ0) is 20.6. The van der Waals surface area contributed by atoms with Crippen molar-refractivity contribution in [1.82, 2.24) is 4.98 Å². The lowest BCUT2D eigenvalue weighted by Gasteiger charge is -2.28. The third kappa shape index (κ3) is 3.21. The number of fused-ring (bicyclic) bond motifs is 1. The van der Waals surface area contributed by atoms with Gasteiger partial charge in [0, 0.05) is 11.6 Å². The van der Waals surface area contributed by atoms with Gasteiger partial charge in [0.25, 0.3) is 0 Å². The quantitative estimate of drug-likeness (QED) is 0.686. The van der Waals surface area contributed by atoms with Gasteiger partial charge in [-0.05, 0) is 56.0 Å². The van der Waals surface area contributed by atoms with Crippen molar-refractivity contribution in [3.8, 4) is 0 Å². The molecule has 0 aliphatic heterocycles. The number of para-hydroxylation sites is 1. The van der Waals surface area contributed by atoms with Crippen molar-refractivity contribution in [3.63, 3.8) is 0 Å². The largest absolute Gasteiger partial charge is 0.323 e. The van der Waals surface area contributed by atoms with Crippen molar-refractivity contribution in [2.24, 2.45) is 0 Å². The lowest BCUT2D eigenvalue weighted by Crippen LogP contribution is -2.47. The SMILES string of the molecule is Cc1ccc(C)c(S(=O)(=O)C2(C(=O)Nc3cccc4cccnc34)CCCC2)c1. The Hall–Kier alpha value is -2.73. The van der Waals surface area contributed by atoms with Gasteiger partial charge in [-0.2, -0.15) is 0 Å². The Bertz CT molecular complexity index is 1190. The third-order valence-electron chi connectivity index (χ3n) is 5.85. The summed E-state index contributed by atoms with van der Waals surface area (Å²) in [4.78, 5) is 18.1. The second-order valence-corrected chi connectivity index (χ2v) is 10.0. The minimum atomic E-state index is -3.86. The zero-order valence-electron chi connectivity index (χ0n) is 16.6. The molecule has 0 bridgehead atoms. The van der Waals surface area contributed by atoms with Gasteiger partial charge < -0.3 is 5.32 Å². The lowest BCUT2D eigenvalue weighted by molar-refractivity contribution is -0.118. The number of aromatic nitrogens is 1. The Balaban J connectivity index is 1.79. The van der Waals surface area contributed by atoms with Gasteiger partial charge in [-0.1, -0.05) is 43.2 Å². The minimum absolute atomic E-state index is 0.255. The number of pyridine rings is 1. The molecule has 0 unspecified atom stereocenters. The molecule has 0 atom stereocenters. The topological polar surface area (TPSA) is 76.1 Å². The van der Waals surface area contributed by atoms with E-state index < -0.39 is 20.5 Å². The van der Waals surface area contributed by atoms with E-state index in [9.17, 15) is 13.2 Å².